The van der Waals surface area contributed by atoms with E-state index in [0.29, 0.717) is 53.4 Å². The van der Waals surface area contributed by atoms with Crippen molar-refractivity contribution in [1.29, 1.82) is 0 Å². The Bertz CT molecular complexity index is 1650. The van der Waals surface area contributed by atoms with E-state index >= 15 is 0 Å². The van der Waals surface area contributed by atoms with E-state index in [-0.39, 0.29) is 18.1 Å². The number of urea groups is 2. The summed E-state index contributed by atoms with van der Waals surface area (Å²) >= 11 is 0. The van der Waals surface area contributed by atoms with Gasteiger partial charge in [-0.2, -0.15) is 9.97 Å². The number of carbonyl (C=O) groups is 3. The number of hydrogen-bond acceptors (Lipinski definition) is 8. The summed E-state index contributed by atoms with van der Waals surface area (Å²) in [6.45, 7) is 5.23. The first-order valence-corrected chi connectivity index (χ1v) is 14.0. The zero-order chi connectivity index (χ0) is 31.2. The number of primary amides is 1. The van der Waals surface area contributed by atoms with Gasteiger partial charge in [0.1, 0.15) is 0 Å². The Balaban J connectivity index is 1.41. The number of hydrogen-bond donors (Lipinski definition) is 5. The molecule has 1 aromatic heterocycles. The van der Waals surface area contributed by atoms with E-state index in [0.717, 1.165) is 11.1 Å². The topological polar surface area (TPSA) is 176 Å². The van der Waals surface area contributed by atoms with Crippen LogP contribution in [0.3, 0.4) is 0 Å². The van der Waals surface area contributed by atoms with Gasteiger partial charge in [-0.05, 0) is 80.6 Å². The van der Waals surface area contributed by atoms with E-state index in [1.165, 1.54) is 6.07 Å². The number of anilines is 4. The summed E-state index contributed by atoms with van der Waals surface area (Å²) in [5, 5.41) is 10.7. The lowest BCUT2D eigenvalue weighted by molar-refractivity contribution is 0.0747. The van der Waals surface area contributed by atoms with E-state index in [9.17, 15) is 14.4 Å². The molecule has 6 N–H and O–H groups in total. The predicted octanol–water partition coefficient (Wildman–Crippen LogP) is 4.31. The molecule has 3 aromatic carbocycles. The number of nitrogens with zero attached hydrogens (tertiary/aromatic N) is 4. The summed E-state index contributed by atoms with van der Waals surface area (Å²) in [5.74, 6) is 0.882. The molecule has 1 aliphatic heterocycles. The van der Waals surface area contributed by atoms with Crippen molar-refractivity contribution >= 4 is 41.0 Å². The molecule has 0 bridgehead atoms. The van der Waals surface area contributed by atoms with Gasteiger partial charge in [0, 0.05) is 40.8 Å². The fraction of sp³-hybridized carbons (Fsp3) is 0.226. The van der Waals surface area contributed by atoms with Gasteiger partial charge in [0.15, 0.2) is 11.6 Å². The third kappa shape index (κ3) is 7.07. The van der Waals surface area contributed by atoms with Crippen LogP contribution < -0.4 is 31.9 Å². The molecule has 0 radical (unpaired) electrons. The van der Waals surface area contributed by atoms with Gasteiger partial charge in [-0.1, -0.05) is 6.07 Å². The van der Waals surface area contributed by atoms with Crippen molar-refractivity contribution in [1.82, 2.24) is 20.3 Å². The number of aromatic nitrogens is 3. The SMILES string of the molecule is CNC(=O)Nc1ccc(-c2nc(-c3ccc(NC(=O)Nc4cccc(C(N)=O)c4)cc3)nc(N3C(C)COCC3C)n2)cc1. The average Bonchev–Trinajstić information content (AvgIpc) is 3.01. The number of carbonyl (C=O) groups excluding carboxylic acids is 3. The van der Waals surface area contributed by atoms with Gasteiger partial charge in [-0.25, -0.2) is 14.6 Å². The van der Waals surface area contributed by atoms with Gasteiger partial charge >= 0.3 is 12.1 Å². The van der Waals surface area contributed by atoms with Crippen LogP contribution in [-0.4, -0.2) is 65.3 Å². The highest BCUT2D eigenvalue weighted by Gasteiger charge is 2.29. The maximum atomic E-state index is 12.6. The standard InChI is InChI=1S/C31H33N9O4/c1-18-16-44-17-19(2)40(18)29-38-27(20-7-11-23(12-8-20)34-30(42)33-3)37-28(39-29)21-9-13-24(14-10-21)35-31(43)36-25-6-4-5-22(15-25)26(32)41/h4-15,18-19H,16-17H2,1-3H3,(H2,32,41)(H2,33,34,42)(H2,35,36,43). The number of nitrogens with two attached hydrogens (primary N) is 1. The molecule has 2 unspecified atom stereocenters. The van der Waals surface area contributed by atoms with E-state index in [4.69, 9.17) is 25.4 Å². The number of rotatable bonds is 7. The molecule has 5 rings (SSSR count). The normalized spacial score (nSPS) is 16.1. The molecule has 44 heavy (non-hydrogen) atoms. The first-order chi connectivity index (χ1) is 21.2. The molecular weight excluding hydrogens is 562 g/mol. The fourth-order valence-electron chi connectivity index (χ4n) is 4.78. The van der Waals surface area contributed by atoms with Crippen molar-refractivity contribution in [3.63, 3.8) is 0 Å². The monoisotopic (exact) mass is 595 g/mol. The number of benzene rings is 3. The zero-order valence-corrected chi connectivity index (χ0v) is 24.5. The van der Waals surface area contributed by atoms with E-state index < -0.39 is 11.9 Å². The van der Waals surface area contributed by atoms with Crippen LogP contribution in [-0.2, 0) is 4.74 Å². The third-order valence-corrected chi connectivity index (χ3v) is 6.96. The molecular formula is C31H33N9O4. The highest BCUT2D eigenvalue weighted by molar-refractivity contribution is 6.01. The van der Waals surface area contributed by atoms with Crippen LogP contribution in [0.25, 0.3) is 22.8 Å². The lowest BCUT2D eigenvalue weighted by atomic mass is 10.1. The van der Waals surface area contributed by atoms with E-state index in [1.54, 1.807) is 49.5 Å². The van der Waals surface area contributed by atoms with Gasteiger partial charge in [-0.3, -0.25) is 4.79 Å². The Morgan fingerprint density at radius 1 is 0.750 bits per heavy atom. The number of amides is 5. The van der Waals surface area contributed by atoms with E-state index in [2.05, 4.69) is 40.0 Å². The lowest BCUT2D eigenvalue weighted by Gasteiger charge is -2.38. The van der Waals surface area contributed by atoms with Crippen molar-refractivity contribution in [3.8, 4) is 22.8 Å². The Morgan fingerprint density at radius 2 is 1.27 bits per heavy atom. The molecule has 2 atom stereocenters. The predicted molar refractivity (Wildman–Crippen MR) is 169 cm³/mol. The van der Waals surface area contributed by atoms with Gasteiger partial charge in [-0.15, -0.1) is 0 Å². The van der Waals surface area contributed by atoms with Crippen LogP contribution in [0.1, 0.15) is 24.2 Å². The number of morpholine rings is 1. The highest BCUT2D eigenvalue weighted by atomic mass is 16.5. The Hall–Kier alpha value is -5.56. The van der Waals surface area contributed by atoms with Crippen LogP contribution in [0, 0.1) is 0 Å². The number of nitrogens with one attached hydrogen (secondary N) is 4. The molecule has 0 spiro atoms. The van der Waals surface area contributed by atoms with Crippen molar-refractivity contribution in [2.45, 2.75) is 25.9 Å². The van der Waals surface area contributed by atoms with Gasteiger partial charge in [0.25, 0.3) is 0 Å². The molecule has 0 saturated carbocycles. The fourth-order valence-corrected chi connectivity index (χ4v) is 4.78. The lowest BCUT2D eigenvalue weighted by Crippen LogP contribution is -2.50. The largest absolute Gasteiger partial charge is 0.377 e. The van der Waals surface area contributed by atoms with Crippen molar-refractivity contribution in [2.75, 3.05) is 41.1 Å². The molecule has 0 aliphatic carbocycles. The van der Waals surface area contributed by atoms with Crippen LogP contribution in [0.4, 0.5) is 32.6 Å². The summed E-state index contributed by atoms with van der Waals surface area (Å²) in [5.41, 5.74) is 8.70. The number of ether oxygens (including phenoxy) is 1. The highest BCUT2D eigenvalue weighted by Crippen LogP contribution is 2.28. The Morgan fingerprint density at radius 3 is 1.80 bits per heavy atom. The first-order valence-electron chi connectivity index (χ1n) is 14.0. The first kappa shape index (κ1) is 29.9. The van der Waals surface area contributed by atoms with Crippen LogP contribution >= 0.6 is 0 Å². The molecule has 1 saturated heterocycles. The molecule has 2 heterocycles. The smallest absolute Gasteiger partial charge is 0.323 e. The summed E-state index contributed by atoms with van der Waals surface area (Å²) in [6, 6.07) is 20.0. The summed E-state index contributed by atoms with van der Waals surface area (Å²) in [7, 11) is 1.55. The summed E-state index contributed by atoms with van der Waals surface area (Å²) in [4.78, 5) is 52.3. The second-order valence-electron chi connectivity index (χ2n) is 10.3. The van der Waals surface area contributed by atoms with Crippen LogP contribution in [0.5, 0.6) is 0 Å². The van der Waals surface area contributed by atoms with Crippen molar-refractivity contribution < 1.29 is 19.1 Å². The van der Waals surface area contributed by atoms with Crippen molar-refractivity contribution in [2.24, 2.45) is 5.73 Å². The second kappa shape index (κ2) is 13.2. The zero-order valence-electron chi connectivity index (χ0n) is 24.5. The van der Waals surface area contributed by atoms with Crippen molar-refractivity contribution in [3.05, 3.63) is 78.4 Å². The average molecular weight is 596 g/mol. The van der Waals surface area contributed by atoms with Gasteiger partial charge in [0.05, 0.1) is 25.3 Å². The maximum Gasteiger partial charge on any atom is 0.323 e. The molecule has 1 fully saturated rings. The Labute approximate surface area is 254 Å². The molecule has 1 aliphatic rings. The maximum absolute atomic E-state index is 12.6. The second-order valence-corrected chi connectivity index (χ2v) is 10.3. The molecule has 226 valence electrons. The molecule has 13 heteroatoms. The quantitative estimate of drug-likeness (QED) is 0.210. The van der Waals surface area contributed by atoms with Crippen LogP contribution in [0.2, 0.25) is 0 Å². The minimum absolute atomic E-state index is 0.0507. The molecule has 4 aromatic rings. The Kier molecular flexibility index (Phi) is 8.95. The minimum Gasteiger partial charge on any atom is -0.377 e. The summed E-state index contributed by atoms with van der Waals surface area (Å²) < 4.78 is 5.72. The van der Waals surface area contributed by atoms with E-state index in [1.807, 2.05) is 24.3 Å². The minimum atomic E-state index is -0.582. The van der Waals surface area contributed by atoms with Gasteiger partial charge in [0.2, 0.25) is 11.9 Å². The van der Waals surface area contributed by atoms with Crippen LogP contribution in [0.15, 0.2) is 72.8 Å². The summed E-state index contributed by atoms with van der Waals surface area (Å²) in [6.07, 6.45) is 0. The molecule has 13 nitrogen and oxygen atoms in total. The van der Waals surface area contributed by atoms with Gasteiger partial charge < -0.3 is 36.6 Å². The molecule has 5 amide bonds. The third-order valence-electron chi connectivity index (χ3n) is 6.96.